The van der Waals surface area contributed by atoms with Crippen LogP contribution in [0.2, 0.25) is 0 Å². The molecule has 2 aromatic carbocycles. The van der Waals surface area contributed by atoms with Gasteiger partial charge in [-0.05, 0) is 30.2 Å². The van der Waals surface area contributed by atoms with E-state index in [0.717, 1.165) is 5.75 Å². The highest BCUT2D eigenvalue weighted by Crippen LogP contribution is 2.29. The molecule has 0 aliphatic heterocycles. The van der Waals surface area contributed by atoms with Crippen molar-refractivity contribution in [3.8, 4) is 22.8 Å². The molecule has 1 aromatic heterocycles. The zero-order chi connectivity index (χ0) is 18.0. The first-order valence-corrected chi connectivity index (χ1v) is 8.02. The zero-order valence-electron chi connectivity index (χ0n) is 14.3. The van der Waals surface area contributed by atoms with E-state index >= 15 is 0 Å². The molecule has 0 aliphatic rings. The van der Waals surface area contributed by atoms with E-state index in [-0.39, 0.29) is 22.1 Å². The fourth-order valence-corrected chi connectivity index (χ4v) is 2.50. The van der Waals surface area contributed by atoms with E-state index in [4.69, 9.17) is 13.9 Å². The van der Waals surface area contributed by atoms with Crippen LogP contribution in [0.5, 0.6) is 11.5 Å². The molecule has 4 nitrogen and oxygen atoms in total. The van der Waals surface area contributed by atoms with E-state index < -0.39 is 5.82 Å². The Labute approximate surface area is 144 Å². The second kappa shape index (κ2) is 6.97. The molecule has 0 unspecified atom stereocenters. The Bertz CT molecular complexity index is 942. The lowest BCUT2D eigenvalue weighted by Crippen LogP contribution is -2.04. The van der Waals surface area contributed by atoms with E-state index in [0.29, 0.717) is 23.8 Å². The third kappa shape index (κ3) is 3.65. The van der Waals surface area contributed by atoms with Crippen molar-refractivity contribution in [2.24, 2.45) is 5.92 Å². The maximum Gasteiger partial charge on any atom is 0.197 e. The van der Waals surface area contributed by atoms with E-state index in [1.54, 1.807) is 12.1 Å². The standard InChI is InChI=1S/C20H19FO4/c1-12(2)11-24-15-6-4-13(5-7-15)17-10-16(22)20-18(23-3)8-14(21)9-19(20)25-17/h4-10,12H,11H2,1-3H3. The largest absolute Gasteiger partial charge is 0.496 e. The van der Waals surface area contributed by atoms with Crippen molar-refractivity contribution in [2.45, 2.75) is 13.8 Å². The van der Waals surface area contributed by atoms with Gasteiger partial charge in [0.25, 0.3) is 0 Å². The molecule has 0 bridgehead atoms. The Morgan fingerprint density at radius 2 is 1.84 bits per heavy atom. The minimum Gasteiger partial charge on any atom is -0.496 e. The van der Waals surface area contributed by atoms with Gasteiger partial charge in [0, 0.05) is 23.8 Å². The maximum absolute atomic E-state index is 13.7. The van der Waals surface area contributed by atoms with Crippen LogP contribution in [0.3, 0.4) is 0 Å². The van der Waals surface area contributed by atoms with Crippen LogP contribution in [0.15, 0.2) is 51.7 Å². The lowest BCUT2D eigenvalue weighted by atomic mass is 10.1. The zero-order valence-corrected chi connectivity index (χ0v) is 14.3. The van der Waals surface area contributed by atoms with Gasteiger partial charge in [0.2, 0.25) is 0 Å². The normalized spacial score (nSPS) is 11.1. The van der Waals surface area contributed by atoms with Crippen molar-refractivity contribution in [3.63, 3.8) is 0 Å². The fraction of sp³-hybridized carbons (Fsp3) is 0.250. The molecule has 1 heterocycles. The summed E-state index contributed by atoms with van der Waals surface area (Å²) in [5.41, 5.74) is 0.576. The van der Waals surface area contributed by atoms with Crippen molar-refractivity contribution in [1.82, 2.24) is 0 Å². The average molecular weight is 342 g/mol. The lowest BCUT2D eigenvalue weighted by Gasteiger charge is -2.10. The SMILES string of the molecule is COc1cc(F)cc2oc(-c3ccc(OCC(C)C)cc3)cc(=O)c12. The van der Waals surface area contributed by atoms with Gasteiger partial charge in [-0.25, -0.2) is 4.39 Å². The first-order valence-electron chi connectivity index (χ1n) is 8.02. The number of ether oxygens (including phenoxy) is 2. The molecule has 3 aromatic rings. The van der Waals surface area contributed by atoms with Crippen molar-refractivity contribution in [3.05, 3.63) is 58.5 Å². The van der Waals surface area contributed by atoms with Crippen LogP contribution < -0.4 is 14.9 Å². The summed E-state index contributed by atoms with van der Waals surface area (Å²) in [5, 5.41) is 0.226. The van der Waals surface area contributed by atoms with Crippen LogP contribution >= 0.6 is 0 Å². The van der Waals surface area contributed by atoms with Gasteiger partial charge in [-0.15, -0.1) is 0 Å². The highest BCUT2D eigenvalue weighted by atomic mass is 19.1. The predicted octanol–water partition coefficient (Wildman–Crippen LogP) is 4.64. The molecule has 130 valence electrons. The van der Waals surface area contributed by atoms with Gasteiger partial charge in [-0.2, -0.15) is 0 Å². The van der Waals surface area contributed by atoms with Gasteiger partial charge < -0.3 is 13.9 Å². The lowest BCUT2D eigenvalue weighted by molar-refractivity contribution is 0.271. The van der Waals surface area contributed by atoms with Gasteiger partial charge in [0.15, 0.2) is 5.43 Å². The van der Waals surface area contributed by atoms with Gasteiger partial charge in [-0.3, -0.25) is 4.79 Å². The van der Waals surface area contributed by atoms with Crippen LogP contribution in [0, 0.1) is 11.7 Å². The summed E-state index contributed by atoms with van der Waals surface area (Å²) >= 11 is 0. The molecule has 0 atom stereocenters. The summed E-state index contributed by atoms with van der Waals surface area (Å²) in [6.45, 7) is 4.78. The molecular formula is C20H19FO4. The Balaban J connectivity index is 2.00. The molecule has 0 spiro atoms. The van der Waals surface area contributed by atoms with Crippen LogP contribution in [-0.4, -0.2) is 13.7 Å². The quantitative estimate of drug-likeness (QED) is 0.677. The third-order valence-electron chi connectivity index (χ3n) is 3.70. The number of benzene rings is 2. The van der Waals surface area contributed by atoms with E-state index in [2.05, 4.69) is 13.8 Å². The Kier molecular flexibility index (Phi) is 4.74. The molecule has 0 fully saturated rings. The number of hydrogen-bond acceptors (Lipinski definition) is 4. The molecule has 0 saturated carbocycles. The number of methoxy groups -OCH3 is 1. The Morgan fingerprint density at radius 3 is 2.48 bits per heavy atom. The first-order chi connectivity index (χ1) is 12.0. The summed E-state index contributed by atoms with van der Waals surface area (Å²) in [6.07, 6.45) is 0. The molecule has 0 N–H and O–H groups in total. The van der Waals surface area contributed by atoms with Crippen LogP contribution in [0.1, 0.15) is 13.8 Å². The minimum atomic E-state index is -0.526. The second-order valence-corrected chi connectivity index (χ2v) is 6.19. The summed E-state index contributed by atoms with van der Waals surface area (Å²) in [7, 11) is 1.39. The summed E-state index contributed by atoms with van der Waals surface area (Å²) < 4.78 is 30.1. The van der Waals surface area contributed by atoms with Crippen molar-refractivity contribution < 1.29 is 18.3 Å². The van der Waals surface area contributed by atoms with Gasteiger partial charge in [0.05, 0.1) is 13.7 Å². The van der Waals surface area contributed by atoms with Crippen LogP contribution in [0.25, 0.3) is 22.3 Å². The number of rotatable bonds is 5. The monoisotopic (exact) mass is 342 g/mol. The maximum atomic E-state index is 13.7. The molecule has 0 amide bonds. The smallest absolute Gasteiger partial charge is 0.197 e. The van der Waals surface area contributed by atoms with Crippen LogP contribution in [-0.2, 0) is 0 Å². The third-order valence-corrected chi connectivity index (χ3v) is 3.70. The fourth-order valence-electron chi connectivity index (χ4n) is 2.50. The number of hydrogen-bond donors (Lipinski definition) is 0. The van der Waals surface area contributed by atoms with Crippen molar-refractivity contribution in [2.75, 3.05) is 13.7 Å². The van der Waals surface area contributed by atoms with Gasteiger partial charge in [-0.1, -0.05) is 13.8 Å². The minimum absolute atomic E-state index is 0.152. The summed E-state index contributed by atoms with van der Waals surface area (Å²) in [5.74, 6) is 1.17. The first kappa shape index (κ1) is 17.0. The van der Waals surface area contributed by atoms with Crippen molar-refractivity contribution >= 4 is 11.0 Å². The average Bonchev–Trinajstić information content (AvgIpc) is 2.59. The molecule has 0 aliphatic carbocycles. The molecule has 0 radical (unpaired) electrons. The van der Waals surface area contributed by atoms with E-state index in [9.17, 15) is 9.18 Å². The number of halogens is 1. The predicted molar refractivity (Wildman–Crippen MR) is 94.8 cm³/mol. The van der Waals surface area contributed by atoms with Crippen molar-refractivity contribution in [1.29, 1.82) is 0 Å². The highest BCUT2D eigenvalue weighted by molar-refractivity contribution is 5.85. The Morgan fingerprint density at radius 1 is 1.12 bits per heavy atom. The van der Waals surface area contributed by atoms with E-state index in [1.807, 2.05) is 12.1 Å². The molecule has 25 heavy (non-hydrogen) atoms. The van der Waals surface area contributed by atoms with Gasteiger partial charge >= 0.3 is 0 Å². The molecular weight excluding hydrogens is 323 g/mol. The Hall–Kier alpha value is -2.82. The number of fused-ring (bicyclic) bond motifs is 1. The summed E-state index contributed by atoms with van der Waals surface area (Å²) in [6, 6.07) is 11.0. The van der Waals surface area contributed by atoms with Crippen LogP contribution in [0.4, 0.5) is 4.39 Å². The molecule has 5 heteroatoms. The molecule has 3 rings (SSSR count). The topological polar surface area (TPSA) is 48.7 Å². The molecule has 0 saturated heterocycles. The van der Waals surface area contributed by atoms with Gasteiger partial charge in [0.1, 0.15) is 34.0 Å². The summed E-state index contributed by atoms with van der Waals surface area (Å²) in [4.78, 5) is 12.4. The van der Waals surface area contributed by atoms with E-state index in [1.165, 1.54) is 25.3 Å². The highest BCUT2D eigenvalue weighted by Gasteiger charge is 2.13. The second-order valence-electron chi connectivity index (χ2n) is 6.19.